The first-order chi connectivity index (χ1) is 9.90. The summed E-state index contributed by atoms with van der Waals surface area (Å²) in [5.74, 6) is -0.0459. The number of nitrogens with zero attached hydrogens (tertiary/aromatic N) is 2. The molecule has 0 saturated carbocycles. The first-order valence-electron chi connectivity index (χ1n) is 6.29. The maximum absolute atomic E-state index is 11.9. The fraction of sp³-hybridized carbons (Fsp3) is 0.500. The summed E-state index contributed by atoms with van der Waals surface area (Å²) in [6, 6.07) is -0.651. The van der Waals surface area contributed by atoms with Crippen molar-refractivity contribution in [2.24, 2.45) is 5.73 Å². The van der Waals surface area contributed by atoms with Crippen LogP contribution in [0.1, 0.15) is 17.8 Å². The number of rotatable bonds is 4. The lowest BCUT2D eigenvalue weighted by Crippen LogP contribution is -2.36. The molecule has 1 saturated heterocycles. The van der Waals surface area contributed by atoms with Crippen molar-refractivity contribution in [3.05, 3.63) is 34.9 Å². The third-order valence-electron chi connectivity index (χ3n) is 3.42. The monoisotopic (exact) mass is 298 g/mol. The van der Waals surface area contributed by atoms with E-state index in [0.29, 0.717) is 5.56 Å². The van der Waals surface area contributed by atoms with Crippen molar-refractivity contribution < 1.29 is 20.1 Å². The molecule has 0 aromatic carbocycles. The summed E-state index contributed by atoms with van der Waals surface area (Å²) >= 11 is 0. The van der Waals surface area contributed by atoms with Crippen molar-refractivity contribution in [3.63, 3.8) is 0 Å². The van der Waals surface area contributed by atoms with Crippen LogP contribution in [0.2, 0.25) is 0 Å². The number of hydrogen-bond donors (Lipinski definition) is 5. The van der Waals surface area contributed by atoms with E-state index in [0.717, 1.165) is 4.57 Å². The normalized spacial score (nSPS) is 30.3. The number of aliphatic hydroxyl groups excluding tert-OH is 3. The van der Waals surface area contributed by atoms with Crippen LogP contribution in [-0.2, 0) is 4.74 Å². The Morgan fingerprint density at radius 2 is 2.19 bits per heavy atom. The topological polar surface area (TPSA) is 157 Å². The first kappa shape index (κ1) is 15.6. The van der Waals surface area contributed by atoms with Crippen LogP contribution in [0.25, 0.3) is 0 Å². The van der Waals surface area contributed by atoms with Gasteiger partial charge in [-0.1, -0.05) is 6.08 Å². The Hall–Kier alpha value is -1.78. The van der Waals surface area contributed by atoms with E-state index >= 15 is 0 Å². The highest BCUT2D eigenvalue weighted by Gasteiger charge is 2.44. The highest BCUT2D eigenvalue weighted by atomic mass is 16.6. The van der Waals surface area contributed by atoms with E-state index in [1.807, 2.05) is 0 Å². The van der Waals surface area contributed by atoms with Crippen LogP contribution >= 0.6 is 0 Å². The molecule has 1 fully saturated rings. The van der Waals surface area contributed by atoms with Crippen LogP contribution in [-0.4, -0.2) is 49.8 Å². The van der Waals surface area contributed by atoms with Gasteiger partial charge in [0, 0.05) is 11.8 Å². The van der Waals surface area contributed by atoms with Gasteiger partial charge < -0.3 is 31.5 Å². The number of nitrogen functional groups attached to an aromatic ring is 1. The van der Waals surface area contributed by atoms with Gasteiger partial charge in [0.2, 0.25) is 0 Å². The Morgan fingerprint density at radius 3 is 2.71 bits per heavy atom. The molecule has 9 nitrogen and oxygen atoms in total. The summed E-state index contributed by atoms with van der Waals surface area (Å²) in [4.78, 5) is 15.5. The lowest BCUT2D eigenvalue weighted by molar-refractivity contribution is -0.0550. The van der Waals surface area contributed by atoms with Crippen molar-refractivity contribution in [1.29, 1.82) is 0 Å². The minimum atomic E-state index is -1.39. The SMILES string of the molecule is C=CC(N)c1cn([C@@H]2O[C@H](CO)[C@@H](O)[C@H]2O)c(=O)nc1N. The highest BCUT2D eigenvalue weighted by molar-refractivity contribution is 5.40. The molecule has 1 aliphatic heterocycles. The van der Waals surface area contributed by atoms with E-state index in [1.54, 1.807) is 0 Å². The number of hydrogen-bond acceptors (Lipinski definition) is 8. The Morgan fingerprint density at radius 1 is 1.52 bits per heavy atom. The smallest absolute Gasteiger partial charge is 0.351 e. The Labute approximate surface area is 120 Å². The molecule has 0 aliphatic carbocycles. The highest BCUT2D eigenvalue weighted by Crippen LogP contribution is 2.29. The summed E-state index contributed by atoms with van der Waals surface area (Å²) in [5.41, 5.74) is 11.0. The molecule has 1 aromatic heterocycles. The van der Waals surface area contributed by atoms with E-state index in [-0.39, 0.29) is 5.82 Å². The van der Waals surface area contributed by atoms with E-state index in [2.05, 4.69) is 11.6 Å². The molecule has 1 aliphatic rings. The quantitative estimate of drug-likeness (QED) is 0.386. The lowest BCUT2D eigenvalue weighted by Gasteiger charge is -2.19. The molecule has 9 heteroatoms. The summed E-state index contributed by atoms with van der Waals surface area (Å²) in [6.45, 7) is 3.04. The molecular weight excluding hydrogens is 280 g/mol. The van der Waals surface area contributed by atoms with Crippen LogP contribution in [0.3, 0.4) is 0 Å². The summed E-state index contributed by atoms with van der Waals surface area (Å²) < 4.78 is 6.26. The van der Waals surface area contributed by atoms with Gasteiger partial charge in [-0.05, 0) is 0 Å². The van der Waals surface area contributed by atoms with Crippen LogP contribution in [0.5, 0.6) is 0 Å². The zero-order valence-electron chi connectivity index (χ0n) is 11.2. The van der Waals surface area contributed by atoms with Crippen molar-refractivity contribution in [2.75, 3.05) is 12.3 Å². The van der Waals surface area contributed by atoms with Gasteiger partial charge in [-0.3, -0.25) is 4.57 Å². The maximum atomic E-state index is 11.9. The number of nitrogens with two attached hydrogens (primary N) is 2. The molecule has 0 bridgehead atoms. The van der Waals surface area contributed by atoms with Gasteiger partial charge in [-0.15, -0.1) is 6.58 Å². The molecule has 1 aromatic rings. The Balaban J connectivity index is 2.45. The second kappa shape index (κ2) is 5.92. The largest absolute Gasteiger partial charge is 0.394 e. The summed E-state index contributed by atoms with van der Waals surface area (Å²) in [5, 5.41) is 28.7. The van der Waals surface area contributed by atoms with Crippen LogP contribution in [0.15, 0.2) is 23.6 Å². The molecule has 2 rings (SSSR count). The average molecular weight is 298 g/mol. The fourth-order valence-corrected chi connectivity index (χ4v) is 2.17. The molecule has 116 valence electrons. The minimum Gasteiger partial charge on any atom is -0.394 e. The maximum Gasteiger partial charge on any atom is 0.351 e. The number of anilines is 1. The lowest BCUT2D eigenvalue weighted by atomic mass is 10.1. The van der Waals surface area contributed by atoms with E-state index in [1.165, 1.54) is 12.3 Å². The van der Waals surface area contributed by atoms with Gasteiger partial charge in [-0.25, -0.2) is 4.79 Å². The molecule has 0 spiro atoms. The minimum absolute atomic E-state index is 0.0459. The molecule has 5 atom stereocenters. The third-order valence-corrected chi connectivity index (χ3v) is 3.42. The van der Waals surface area contributed by atoms with Gasteiger partial charge in [-0.2, -0.15) is 4.98 Å². The van der Waals surface area contributed by atoms with Gasteiger partial charge in [0.1, 0.15) is 24.1 Å². The van der Waals surface area contributed by atoms with E-state index in [4.69, 9.17) is 21.3 Å². The Kier molecular flexibility index (Phi) is 4.40. The van der Waals surface area contributed by atoms with Crippen molar-refractivity contribution >= 4 is 5.82 Å². The number of aromatic nitrogens is 2. The predicted molar refractivity (Wildman–Crippen MR) is 73.0 cm³/mol. The molecule has 21 heavy (non-hydrogen) atoms. The predicted octanol–water partition coefficient (Wildman–Crippen LogP) is -2.38. The van der Waals surface area contributed by atoms with Crippen molar-refractivity contribution in [2.45, 2.75) is 30.6 Å². The van der Waals surface area contributed by atoms with Gasteiger partial charge in [0.15, 0.2) is 6.23 Å². The van der Waals surface area contributed by atoms with Crippen LogP contribution < -0.4 is 17.2 Å². The molecule has 2 heterocycles. The molecule has 0 amide bonds. The third kappa shape index (κ3) is 2.69. The number of aliphatic hydroxyl groups is 3. The van der Waals surface area contributed by atoms with Crippen molar-refractivity contribution in [1.82, 2.24) is 9.55 Å². The van der Waals surface area contributed by atoms with Gasteiger partial charge >= 0.3 is 5.69 Å². The first-order valence-corrected chi connectivity index (χ1v) is 6.29. The van der Waals surface area contributed by atoms with Crippen LogP contribution in [0.4, 0.5) is 5.82 Å². The van der Waals surface area contributed by atoms with Crippen LogP contribution in [0, 0.1) is 0 Å². The molecular formula is C12H18N4O5. The fourth-order valence-electron chi connectivity index (χ4n) is 2.17. The molecule has 1 unspecified atom stereocenters. The molecule has 7 N–H and O–H groups in total. The van der Waals surface area contributed by atoms with Crippen molar-refractivity contribution in [3.8, 4) is 0 Å². The zero-order chi connectivity index (χ0) is 15.7. The average Bonchev–Trinajstić information content (AvgIpc) is 2.74. The van der Waals surface area contributed by atoms with E-state index < -0.39 is 42.9 Å². The number of ether oxygens (including phenoxy) is 1. The molecule has 0 radical (unpaired) electrons. The van der Waals surface area contributed by atoms with Gasteiger partial charge in [0.05, 0.1) is 12.6 Å². The summed E-state index contributed by atoms with van der Waals surface area (Å²) in [7, 11) is 0. The zero-order valence-corrected chi connectivity index (χ0v) is 11.2. The standard InChI is InChI=1S/C12H18N4O5/c1-2-6(13)5-3-16(12(20)15-10(5)14)11-9(19)8(18)7(4-17)21-11/h2-3,6-9,11,17-19H,1,4,13H2,(H2,14,15,20)/t6?,7-,8-,9-,11-/m1/s1. The second-order valence-electron chi connectivity index (χ2n) is 4.76. The second-order valence-corrected chi connectivity index (χ2v) is 4.76. The Bertz CT molecular complexity index is 590. The van der Waals surface area contributed by atoms with Gasteiger partial charge in [0.25, 0.3) is 0 Å². The van der Waals surface area contributed by atoms with E-state index in [9.17, 15) is 15.0 Å². The summed E-state index contributed by atoms with van der Waals surface area (Å²) in [6.07, 6.45) is -2.17.